The molecule has 0 aliphatic heterocycles. The Kier molecular flexibility index (Phi) is 2.43. The molecule has 0 spiro atoms. The molecular formula is C5H8N-. The summed E-state index contributed by atoms with van der Waals surface area (Å²) in [6, 6.07) is 0. The van der Waals surface area contributed by atoms with E-state index in [1.807, 2.05) is 19.7 Å². The van der Waals surface area contributed by atoms with Gasteiger partial charge in [-0.2, -0.15) is 0 Å². The molecule has 0 aliphatic carbocycles. The summed E-state index contributed by atoms with van der Waals surface area (Å²) in [6.07, 6.45) is 1.60. The number of hydrogen-bond donors (Lipinski definition) is 0. The quantitative estimate of drug-likeness (QED) is 0.427. The Morgan fingerprint density at radius 2 is 2.17 bits per heavy atom. The second-order valence-corrected chi connectivity index (χ2v) is 1.54. The highest BCUT2D eigenvalue weighted by Gasteiger charge is 1.74. The molecule has 0 aromatic heterocycles. The summed E-state index contributed by atoms with van der Waals surface area (Å²) >= 11 is 0. The molecule has 0 saturated carbocycles. The molecule has 1 nitrogen and oxygen atoms in total. The highest BCUT2D eigenvalue weighted by atomic mass is 14.3. The number of hydrogen-bond acceptors (Lipinski definition) is 0. The molecule has 0 fully saturated rings. The molecule has 0 N–H and O–H groups in total. The van der Waals surface area contributed by atoms with Crippen molar-refractivity contribution >= 4 is 5.87 Å². The van der Waals surface area contributed by atoms with E-state index in [0.717, 1.165) is 0 Å². The first kappa shape index (κ1) is 5.45. The molecule has 0 amide bonds. The molecule has 0 saturated heterocycles. The summed E-state index contributed by atoms with van der Waals surface area (Å²) in [7, 11) is 0. The maximum Gasteiger partial charge on any atom is -0.0232 e. The second-order valence-electron chi connectivity index (χ2n) is 1.54. The molecule has 0 radical (unpaired) electrons. The van der Waals surface area contributed by atoms with Gasteiger partial charge in [0.15, 0.2) is 0 Å². The van der Waals surface area contributed by atoms with Crippen LogP contribution in [0.5, 0.6) is 0 Å². The van der Waals surface area contributed by atoms with E-state index in [2.05, 4.69) is 0 Å². The molecular weight excluding hydrogens is 74.1 g/mol. The standard InChI is InChI=1S/C5H8N/c1-5(2)3-4-6/h3,5H,1-2H3/q-1. The summed E-state index contributed by atoms with van der Waals surface area (Å²) in [5, 5.41) is 7.93. The van der Waals surface area contributed by atoms with Crippen LogP contribution in [-0.4, -0.2) is 5.87 Å². The molecule has 0 heterocycles. The lowest BCUT2D eigenvalue weighted by molar-refractivity contribution is 0.840. The summed E-state index contributed by atoms with van der Waals surface area (Å²) in [4.78, 5) is 0. The molecule has 0 aromatic rings. The minimum Gasteiger partial charge on any atom is -0.764 e. The Balaban J connectivity index is 3.29. The maximum atomic E-state index is 7.93. The highest BCUT2D eigenvalue weighted by Crippen LogP contribution is 1.86. The second kappa shape index (κ2) is 2.67. The Bertz CT molecular complexity index is 68.0. The molecule has 1 heteroatoms. The third kappa shape index (κ3) is 3.45. The largest absolute Gasteiger partial charge is 0.764 e. The van der Waals surface area contributed by atoms with Crippen LogP contribution < -0.4 is 0 Å². The van der Waals surface area contributed by atoms with Crippen LogP contribution in [-0.2, 0) is 0 Å². The summed E-state index contributed by atoms with van der Waals surface area (Å²) in [5.41, 5.74) is 0. The van der Waals surface area contributed by atoms with E-state index in [0.29, 0.717) is 5.92 Å². The Morgan fingerprint density at radius 1 is 1.67 bits per heavy atom. The van der Waals surface area contributed by atoms with Crippen molar-refractivity contribution in [1.82, 2.24) is 0 Å². The normalized spacial score (nSPS) is 7.83. The maximum absolute atomic E-state index is 7.93. The van der Waals surface area contributed by atoms with Crippen molar-refractivity contribution in [2.45, 2.75) is 13.8 Å². The van der Waals surface area contributed by atoms with Crippen LogP contribution in [0, 0.1) is 5.92 Å². The first-order chi connectivity index (χ1) is 2.77. The van der Waals surface area contributed by atoms with E-state index in [1.54, 1.807) is 6.08 Å². The van der Waals surface area contributed by atoms with E-state index in [4.69, 9.17) is 5.41 Å². The van der Waals surface area contributed by atoms with Crippen molar-refractivity contribution in [3.63, 3.8) is 0 Å². The van der Waals surface area contributed by atoms with Crippen LogP contribution in [0.4, 0.5) is 0 Å². The smallest absolute Gasteiger partial charge is 0.0232 e. The number of nitrogens with zero attached hydrogens (tertiary/aromatic N) is 1. The number of allylic oxidation sites excluding steroid dienone is 1. The Morgan fingerprint density at radius 3 is 2.17 bits per heavy atom. The van der Waals surface area contributed by atoms with Crippen molar-refractivity contribution in [2.24, 2.45) is 5.92 Å². The van der Waals surface area contributed by atoms with Crippen molar-refractivity contribution in [3.8, 4) is 0 Å². The lowest BCUT2D eigenvalue weighted by Gasteiger charge is -1.86. The van der Waals surface area contributed by atoms with E-state index in [1.165, 1.54) is 0 Å². The fraction of sp³-hybridized carbons (Fsp3) is 0.600. The molecule has 0 atom stereocenters. The minimum atomic E-state index is 0.412. The van der Waals surface area contributed by atoms with Gasteiger partial charge in [-0.15, -0.1) is 0 Å². The van der Waals surface area contributed by atoms with Crippen LogP contribution in [0.25, 0.3) is 5.41 Å². The molecule has 0 unspecified atom stereocenters. The zero-order chi connectivity index (χ0) is 4.99. The van der Waals surface area contributed by atoms with Gasteiger partial charge in [0.1, 0.15) is 0 Å². The fourth-order valence-electron chi connectivity index (χ4n) is 0.149. The Hall–Kier alpha value is -0.550. The van der Waals surface area contributed by atoms with Crippen LogP contribution in [0.3, 0.4) is 0 Å². The van der Waals surface area contributed by atoms with E-state index in [-0.39, 0.29) is 0 Å². The molecule has 0 aliphatic rings. The van der Waals surface area contributed by atoms with Crippen molar-refractivity contribution in [3.05, 3.63) is 11.5 Å². The predicted octanol–water partition coefficient (Wildman–Crippen LogP) is 1.44. The monoisotopic (exact) mass is 82.1 g/mol. The van der Waals surface area contributed by atoms with Crippen LogP contribution in [0.1, 0.15) is 13.8 Å². The molecule has 6 heavy (non-hydrogen) atoms. The van der Waals surface area contributed by atoms with E-state index >= 15 is 0 Å². The molecule has 0 bridgehead atoms. The van der Waals surface area contributed by atoms with Gasteiger partial charge in [0.05, 0.1) is 0 Å². The van der Waals surface area contributed by atoms with Gasteiger partial charge < -0.3 is 5.41 Å². The highest BCUT2D eigenvalue weighted by molar-refractivity contribution is 5.54. The molecule has 34 valence electrons. The van der Waals surface area contributed by atoms with E-state index in [9.17, 15) is 0 Å². The SMILES string of the molecule is CC(C)C=C=[N-]. The summed E-state index contributed by atoms with van der Waals surface area (Å²) < 4.78 is 0. The first-order valence-electron chi connectivity index (χ1n) is 2.00. The lowest BCUT2D eigenvalue weighted by Crippen LogP contribution is -1.74. The first-order valence-corrected chi connectivity index (χ1v) is 2.00. The van der Waals surface area contributed by atoms with E-state index < -0.39 is 0 Å². The van der Waals surface area contributed by atoms with Crippen LogP contribution >= 0.6 is 0 Å². The third-order valence-electron chi connectivity index (χ3n) is 0.408. The third-order valence-corrected chi connectivity index (χ3v) is 0.408. The number of rotatable bonds is 1. The van der Waals surface area contributed by atoms with Gasteiger partial charge in [0, 0.05) is 0 Å². The average molecular weight is 82.1 g/mol. The average Bonchev–Trinajstić information content (AvgIpc) is 1.35. The topological polar surface area (TPSA) is 22.3 Å². The zero-order valence-corrected chi connectivity index (χ0v) is 4.10. The predicted molar refractivity (Wildman–Crippen MR) is 27.8 cm³/mol. The minimum absolute atomic E-state index is 0.412. The van der Waals surface area contributed by atoms with Crippen molar-refractivity contribution in [2.75, 3.05) is 0 Å². The van der Waals surface area contributed by atoms with Crippen LogP contribution in [0.15, 0.2) is 6.08 Å². The van der Waals surface area contributed by atoms with Gasteiger partial charge in [0.2, 0.25) is 0 Å². The molecule has 0 aromatic carbocycles. The van der Waals surface area contributed by atoms with Crippen molar-refractivity contribution in [1.29, 1.82) is 0 Å². The van der Waals surface area contributed by atoms with Gasteiger partial charge in [0.25, 0.3) is 0 Å². The van der Waals surface area contributed by atoms with Crippen molar-refractivity contribution < 1.29 is 0 Å². The van der Waals surface area contributed by atoms with Gasteiger partial charge in [-0.1, -0.05) is 19.9 Å². The fourth-order valence-corrected chi connectivity index (χ4v) is 0.149. The van der Waals surface area contributed by atoms with Crippen LogP contribution in [0.2, 0.25) is 0 Å². The van der Waals surface area contributed by atoms with Gasteiger partial charge in [-0.25, -0.2) is 0 Å². The summed E-state index contributed by atoms with van der Waals surface area (Å²) in [5.74, 6) is 2.35. The molecule has 0 rings (SSSR count). The van der Waals surface area contributed by atoms with Gasteiger partial charge in [-0.3, -0.25) is 5.87 Å². The van der Waals surface area contributed by atoms with Gasteiger partial charge in [-0.05, 0) is 5.92 Å². The lowest BCUT2D eigenvalue weighted by atomic mass is 10.2. The van der Waals surface area contributed by atoms with Gasteiger partial charge >= 0.3 is 0 Å². The zero-order valence-electron chi connectivity index (χ0n) is 4.10. The summed E-state index contributed by atoms with van der Waals surface area (Å²) in [6.45, 7) is 3.95. The Labute approximate surface area is 38.2 Å².